The molecule has 0 bridgehead atoms. The summed E-state index contributed by atoms with van der Waals surface area (Å²) in [5, 5.41) is 0. The molecule has 2 fully saturated rings. The van der Waals surface area contributed by atoms with Gasteiger partial charge in [0.15, 0.2) is 0 Å². The van der Waals surface area contributed by atoms with Crippen molar-refractivity contribution in [3.05, 3.63) is 118 Å². The first kappa shape index (κ1) is 30.5. The molecule has 0 nitrogen and oxygen atoms in total. The van der Waals surface area contributed by atoms with Crippen LogP contribution in [0.2, 0.25) is 0 Å². The van der Waals surface area contributed by atoms with Gasteiger partial charge in [0.2, 0.25) is 0 Å². The topological polar surface area (TPSA) is 0 Å². The lowest BCUT2D eigenvalue weighted by molar-refractivity contribution is 0.173. The van der Waals surface area contributed by atoms with E-state index in [4.69, 9.17) is 0 Å². The Bertz CT molecular complexity index is 1700. The van der Waals surface area contributed by atoms with Crippen LogP contribution in [0.3, 0.4) is 0 Å². The standard InChI is InChI=1S/C45H54/c1-31-9-11-32(12-10-31)33-13-15-34(16-14-33)45(27-23-42(4,5)24-28-45)36-18-20-38-37-19-17-35(29-39(37)43(6,7)40(38)30-36)44(8)25-21-41(2,3)22-26-44/h9-20,29-30H,21-28H2,1-8H3. The van der Waals surface area contributed by atoms with Gasteiger partial charge >= 0.3 is 0 Å². The molecule has 0 unspecified atom stereocenters. The lowest BCUT2D eigenvalue weighted by Crippen LogP contribution is -2.36. The fraction of sp³-hybridized carbons (Fsp3) is 0.467. The van der Waals surface area contributed by atoms with E-state index in [9.17, 15) is 0 Å². The molecular weight excluding hydrogens is 540 g/mol. The van der Waals surface area contributed by atoms with E-state index in [1.807, 2.05) is 0 Å². The Morgan fingerprint density at radius 2 is 0.844 bits per heavy atom. The van der Waals surface area contributed by atoms with Crippen LogP contribution < -0.4 is 0 Å². The van der Waals surface area contributed by atoms with Gasteiger partial charge < -0.3 is 0 Å². The summed E-state index contributed by atoms with van der Waals surface area (Å²) in [5.41, 5.74) is 15.6. The van der Waals surface area contributed by atoms with Crippen LogP contribution in [0.4, 0.5) is 0 Å². The molecule has 0 heterocycles. The van der Waals surface area contributed by atoms with Gasteiger partial charge in [0.25, 0.3) is 0 Å². The van der Waals surface area contributed by atoms with Crippen molar-refractivity contribution in [1.82, 2.24) is 0 Å². The predicted molar refractivity (Wildman–Crippen MR) is 193 cm³/mol. The minimum atomic E-state index is -0.00852. The van der Waals surface area contributed by atoms with E-state index in [2.05, 4.69) is 140 Å². The highest BCUT2D eigenvalue weighted by atomic mass is 14.5. The first-order chi connectivity index (χ1) is 21.2. The molecule has 2 saturated carbocycles. The largest absolute Gasteiger partial charge is 0.0599 e. The van der Waals surface area contributed by atoms with E-state index < -0.39 is 0 Å². The van der Waals surface area contributed by atoms with Gasteiger partial charge in [-0.25, -0.2) is 0 Å². The molecule has 45 heavy (non-hydrogen) atoms. The average Bonchev–Trinajstić information content (AvgIpc) is 3.25. The van der Waals surface area contributed by atoms with Crippen LogP contribution in [0.25, 0.3) is 22.3 Å². The van der Waals surface area contributed by atoms with Gasteiger partial charge in [-0.3, -0.25) is 0 Å². The molecule has 0 aromatic heterocycles. The highest BCUT2D eigenvalue weighted by Crippen LogP contribution is 2.55. The Morgan fingerprint density at radius 1 is 0.422 bits per heavy atom. The smallest absolute Gasteiger partial charge is 0.0203 e. The van der Waals surface area contributed by atoms with Crippen LogP contribution in [0.5, 0.6) is 0 Å². The molecule has 0 saturated heterocycles. The summed E-state index contributed by atoms with van der Waals surface area (Å²) in [7, 11) is 0. The van der Waals surface area contributed by atoms with Crippen molar-refractivity contribution in [2.24, 2.45) is 10.8 Å². The number of hydrogen-bond acceptors (Lipinski definition) is 0. The maximum atomic E-state index is 2.63. The third-order valence-electron chi connectivity index (χ3n) is 12.9. The third-order valence-corrected chi connectivity index (χ3v) is 12.9. The van der Waals surface area contributed by atoms with Crippen molar-refractivity contribution < 1.29 is 0 Å². The number of benzene rings is 4. The molecule has 4 aromatic carbocycles. The fourth-order valence-electron chi connectivity index (χ4n) is 9.00. The zero-order valence-electron chi connectivity index (χ0n) is 29.2. The Labute approximate surface area is 273 Å². The molecular formula is C45H54. The van der Waals surface area contributed by atoms with Gasteiger partial charge in [-0.2, -0.15) is 0 Å². The van der Waals surface area contributed by atoms with Gasteiger partial charge in [0.1, 0.15) is 0 Å². The lowest BCUT2D eigenvalue weighted by atomic mass is 9.59. The molecule has 7 rings (SSSR count). The average molecular weight is 595 g/mol. The molecule has 0 radical (unpaired) electrons. The SMILES string of the molecule is Cc1ccc(-c2ccc(C3(c4ccc5c(c4)C(C)(C)c4cc(C6(C)CCC(C)(C)CC6)ccc4-5)CCC(C)(C)CC3)cc2)cc1. The maximum Gasteiger partial charge on any atom is 0.0203 e. The second-order valence-electron chi connectivity index (χ2n) is 17.6. The molecule has 0 N–H and O–H groups in total. The van der Waals surface area contributed by atoms with Gasteiger partial charge in [0.05, 0.1) is 0 Å². The minimum absolute atomic E-state index is 0.00852. The summed E-state index contributed by atoms with van der Waals surface area (Å²) in [6.45, 7) is 19.5. The van der Waals surface area contributed by atoms with Crippen molar-refractivity contribution in [3.8, 4) is 22.3 Å². The van der Waals surface area contributed by atoms with Crippen molar-refractivity contribution in [2.45, 2.75) is 123 Å². The van der Waals surface area contributed by atoms with Crippen molar-refractivity contribution in [1.29, 1.82) is 0 Å². The summed E-state index contributed by atoms with van der Waals surface area (Å²) in [6.07, 6.45) is 10.1. The Kier molecular flexibility index (Phi) is 7.09. The highest BCUT2D eigenvalue weighted by Gasteiger charge is 2.44. The van der Waals surface area contributed by atoms with Crippen LogP contribution in [-0.2, 0) is 16.2 Å². The summed E-state index contributed by atoms with van der Waals surface area (Å²) >= 11 is 0. The van der Waals surface area contributed by atoms with Crippen molar-refractivity contribution in [2.75, 3.05) is 0 Å². The van der Waals surface area contributed by atoms with Gasteiger partial charge in [0, 0.05) is 10.8 Å². The summed E-state index contributed by atoms with van der Waals surface area (Å²) in [5.74, 6) is 0. The van der Waals surface area contributed by atoms with E-state index in [1.54, 1.807) is 5.56 Å². The molecule has 3 aliphatic rings. The molecule has 0 spiro atoms. The quantitative estimate of drug-likeness (QED) is 0.220. The molecule has 234 valence electrons. The zero-order valence-corrected chi connectivity index (χ0v) is 29.2. The summed E-state index contributed by atoms with van der Waals surface area (Å²) < 4.78 is 0. The molecule has 0 heteroatoms. The van der Waals surface area contributed by atoms with E-state index in [-0.39, 0.29) is 16.2 Å². The van der Waals surface area contributed by atoms with Crippen molar-refractivity contribution in [3.63, 3.8) is 0 Å². The summed E-state index contributed by atoms with van der Waals surface area (Å²) in [4.78, 5) is 0. The normalized spacial score (nSPS) is 22.0. The number of rotatable bonds is 4. The minimum Gasteiger partial charge on any atom is -0.0599 e. The Hall–Kier alpha value is -3.12. The van der Waals surface area contributed by atoms with Crippen LogP contribution in [0.1, 0.15) is 133 Å². The van der Waals surface area contributed by atoms with Crippen LogP contribution >= 0.6 is 0 Å². The lowest BCUT2D eigenvalue weighted by Gasteiger charge is -2.45. The third kappa shape index (κ3) is 5.21. The van der Waals surface area contributed by atoms with Crippen LogP contribution in [-0.4, -0.2) is 0 Å². The van der Waals surface area contributed by atoms with Crippen LogP contribution in [0.15, 0.2) is 84.9 Å². The molecule has 4 aromatic rings. The second-order valence-corrected chi connectivity index (χ2v) is 17.6. The summed E-state index contributed by atoms with van der Waals surface area (Å²) in [6, 6.07) is 33.7. The van der Waals surface area contributed by atoms with Crippen LogP contribution in [0, 0.1) is 17.8 Å². The van der Waals surface area contributed by atoms with Gasteiger partial charge in [-0.1, -0.05) is 139 Å². The Morgan fingerprint density at radius 3 is 1.38 bits per heavy atom. The van der Waals surface area contributed by atoms with E-state index in [1.165, 1.54) is 101 Å². The molecule has 0 atom stereocenters. The molecule has 3 aliphatic carbocycles. The number of fused-ring (bicyclic) bond motifs is 3. The van der Waals surface area contributed by atoms with E-state index in [0.717, 1.165) is 0 Å². The van der Waals surface area contributed by atoms with E-state index >= 15 is 0 Å². The maximum absolute atomic E-state index is 2.63. The predicted octanol–water partition coefficient (Wildman–Crippen LogP) is 12.7. The fourth-order valence-corrected chi connectivity index (χ4v) is 9.00. The monoisotopic (exact) mass is 594 g/mol. The number of hydrogen-bond donors (Lipinski definition) is 0. The van der Waals surface area contributed by atoms with E-state index in [0.29, 0.717) is 10.8 Å². The van der Waals surface area contributed by atoms with Gasteiger partial charge in [-0.05, 0) is 125 Å². The van der Waals surface area contributed by atoms with Gasteiger partial charge in [-0.15, -0.1) is 0 Å². The molecule has 0 aliphatic heterocycles. The first-order valence-electron chi connectivity index (χ1n) is 17.7. The molecule has 0 amide bonds. The highest BCUT2D eigenvalue weighted by molar-refractivity contribution is 5.81. The Balaban J connectivity index is 1.27. The number of aryl methyl sites for hydroxylation is 1. The first-order valence-corrected chi connectivity index (χ1v) is 17.7. The van der Waals surface area contributed by atoms with Crippen molar-refractivity contribution >= 4 is 0 Å². The second kappa shape index (κ2) is 10.4. The zero-order chi connectivity index (χ0) is 31.8.